The Labute approximate surface area is 117 Å². The first-order valence-corrected chi connectivity index (χ1v) is 8.01. The summed E-state index contributed by atoms with van der Waals surface area (Å²) in [5, 5.41) is 2.14. The Kier molecular flexibility index (Phi) is 6.70. The molecule has 1 aromatic heterocycles. The molecule has 0 aliphatic carbocycles. The molecule has 0 amide bonds. The highest BCUT2D eigenvalue weighted by molar-refractivity contribution is 9.10. The van der Waals surface area contributed by atoms with Crippen molar-refractivity contribution in [2.24, 2.45) is 5.73 Å². The molecule has 4 heteroatoms. The van der Waals surface area contributed by atoms with Crippen LogP contribution in [0.2, 0.25) is 0 Å². The quantitative estimate of drug-likeness (QED) is 0.822. The summed E-state index contributed by atoms with van der Waals surface area (Å²) in [6, 6.07) is 2.72. The van der Waals surface area contributed by atoms with E-state index in [0.29, 0.717) is 6.04 Å². The van der Waals surface area contributed by atoms with Crippen molar-refractivity contribution in [3.63, 3.8) is 0 Å². The van der Waals surface area contributed by atoms with Gasteiger partial charge in [-0.15, -0.1) is 11.3 Å². The molecular formula is C13H23BrN2S. The molecule has 0 fully saturated rings. The third-order valence-electron chi connectivity index (χ3n) is 2.98. The van der Waals surface area contributed by atoms with E-state index in [2.05, 4.69) is 53.0 Å². The van der Waals surface area contributed by atoms with Crippen LogP contribution in [0.25, 0.3) is 0 Å². The fourth-order valence-electron chi connectivity index (χ4n) is 2.11. The van der Waals surface area contributed by atoms with Gasteiger partial charge in [-0.25, -0.2) is 0 Å². The van der Waals surface area contributed by atoms with E-state index in [4.69, 9.17) is 5.73 Å². The molecule has 0 saturated heterocycles. The number of nitrogens with zero attached hydrogens (tertiary/aromatic N) is 1. The van der Waals surface area contributed by atoms with Gasteiger partial charge >= 0.3 is 0 Å². The molecule has 1 aromatic rings. The maximum Gasteiger partial charge on any atom is 0.0591 e. The van der Waals surface area contributed by atoms with Gasteiger partial charge in [0.15, 0.2) is 0 Å². The molecule has 0 aromatic carbocycles. The molecular weight excluding hydrogens is 296 g/mol. The first kappa shape index (κ1) is 15.2. The average Bonchev–Trinajstić information content (AvgIpc) is 2.69. The lowest BCUT2D eigenvalue weighted by Gasteiger charge is -2.32. The highest BCUT2D eigenvalue weighted by Gasteiger charge is 2.23. The zero-order valence-electron chi connectivity index (χ0n) is 10.9. The van der Waals surface area contributed by atoms with Crippen LogP contribution in [0.4, 0.5) is 0 Å². The van der Waals surface area contributed by atoms with Crippen LogP contribution in [0, 0.1) is 0 Å². The predicted octanol–water partition coefficient (Wildman–Crippen LogP) is 4.02. The standard InChI is InChI=1S/C13H23BrN2S/c1-4-6-7-16(5-2)13(10(3)15)12-8-11(14)9-17-12/h8-10,13H,4-7,15H2,1-3H3. The second kappa shape index (κ2) is 7.52. The summed E-state index contributed by atoms with van der Waals surface area (Å²) in [4.78, 5) is 3.86. The summed E-state index contributed by atoms with van der Waals surface area (Å²) in [6.07, 6.45) is 2.47. The zero-order valence-corrected chi connectivity index (χ0v) is 13.4. The molecule has 0 spiro atoms. The van der Waals surface area contributed by atoms with Crippen LogP contribution < -0.4 is 5.73 Å². The van der Waals surface area contributed by atoms with Crippen LogP contribution in [-0.2, 0) is 0 Å². The van der Waals surface area contributed by atoms with E-state index in [1.54, 1.807) is 11.3 Å². The van der Waals surface area contributed by atoms with Crippen molar-refractivity contribution in [2.45, 2.75) is 45.7 Å². The minimum absolute atomic E-state index is 0.164. The molecule has 0 aliphatic rings. The smallest absolute Gasteiger partial charge is 0.0591 e. The second-order valence-electron chi connectivity index (χ2n) is 4.45. The van der Waals surface area contributed by atoms with Crippen LogP contribution in [0.3, 0.4) is 0 Å². The van der Waals surface area contributed by atoms with Gasteiger partial charge in [0, 0.05) is 20.8 Å². The highest BCUT2D eigenvalue weighted by Crippen LogP contribution is 2.31. The fraction of sp³-hybridized carbons (Fsp3) is 0.692. The highest BCUT2D eigenvalue weighted by atomic mass is 79.9. The fourth-order valence-corrected chi connectivity index (χ4v) is 3.80. The molecule has 2 unspecified atom stereocenters. The van der Waals surface area contributed by atoms with Crippen LogP contribution in [0.5, 0.6) is 0 Å². The number of unbranched alkanes of at least 4 members (excludes halogenated alkanes) is 1. The van der Waals surface area contributed by atoms with E-state index in [9.17, 15) is 0 Å². The molecule has 0 aliphatic heterocycles. The summed E-state index contributed by atoms with van der Waals surface area (Å²) in [5.41, 5.74) is 6.18. The Bertz CT molecular complexity index is 325. The Hall–Kier alpha value is 0.1000. The summed E-state index contributed by atoms with van der Waals surface area (Å²) in [5.74, 6) is 0. The van der Waals surface area contributed by atoms with Gasteiger partial charge in [0.2, 0.25) is 0 Å². The van der Waals surface area contributed by atoms with Gasteiger partial charge in [-0.05, 0) is 48.4 Å². The first-order valence-electron chi connectivity index (χ1n) is 6.33. The third-order valence-corrected chi connectivity index (χ3v) is 4.74. The molecule has 17 heavy (non-hydrogen) atoms. The van der Waals surface area contributed by atoms with E-state index < -0.39 is 0 Å². The molecule has 2 atom stereocenters. The van der Waals surface area contributed by atoms with Gasteiger partial charge in [0.25, 0.3) is 0 Å². The SMILES string of the molecule is CCCCN(CC)C(c1cc(Br)cs1)C(C)N. The predicted molar refractivity (Wildman–Crippen MR) is 80.6 cm³/mol. The monoisotopic (exact) mass is 318 g/mol. The Morgan fingerprint density at radius 2 is 2.18 bits per heavy atom. The van der Waals surface area contributed by atoms with E-state index in [-0.39, 0.29) is 6.04 Å². The van der Waals surface area contributed by atoms with Gasteiger partial charge in [0.05, 0.1) is 6.04 Å². The molecule has 0 bridgehead atoms. The summed E-state index contributed by atoms with van der Waals surface area (Å²) >= 11 is 5.32. The summed E-state index contributed by atoms with van der Waals surface area (Å²) in [6.45, 7) is 8.74. The van der Waals surface area contributed by atoms with Crippen molar-refractivity contribution in [1.82, 2.24) is 4.90 Å². The maximum atomic E-state index is 6.18. The van der Waals surface area contributed by atoms with E-state index in [1.165, 1.54) is 17.7 Å². The Balaban J connectivity index is 2.83. The topological polar surface area (TPSA) is 29.3 Å². The molecule has 0 radical (unpaired) electrons. The number of likely N-dealkylation sites (N-methyl/N-ethyl adjacent to an activating group) is 1. The molecule has 98 valence electrons. The van der Waals surface area contributed by atoms with Crippen LogP contribution in [0.1, 0.15) is 44.5 Å². The van der Waals surface area contributed by atoms with Crippen molar-refractivity contribution in [3.05, 3.63) is 20.8 Å². The number of hydrogen-bond acceptors (Lipinski definition) is 3. The number of hydrogen-bond donors (Lipinski definition) is 1. The van der Waals surface area contributed by atoms with Gasteiger partial charge < -0.3 is 5.73 Å². The van der Waals surface area contributed by atoms with E-state index in [1.807, 2.05) is 0 Å². The molecule has 1 heterocycles. The Morgan fingerprint density at radius 1 is 1.47 bits per heavy atom. The number of rotatable bonds is 7. The van der Waals surface area contributed by atoms with Crippen molar-refractivity contribution in [1.29, 1.82) is 0 Å². The van der Waals surface area contributed by atoms with E-state index >= 15 is 0 Å². The molecule has 2 N–H and O–H groups in total. The largest absolute Gasteiger partial charge is 0.326 e. The molecule has 2 nitrogen and oxygen atoms in total. The molecule has 0 saturated carbocycles. The van der Waals surface area contributed by atoms with Crippen molar-refractivity contribution < 1.29 is 0 Å². The van der Waals surface area contributed by atoms with Crippen molar-refractivity contribution >= 4 is 27.3 Å². The lowest BCUT2D eigenvalue weighted by Crippen LogP contribution is -2.39. The lowest BCUT2D eigenvalue weighted by molar-refractivity contribution is 0.186. The minimum atomic E-state index is 0.164. The number of nitrogens with two attached hydrogens (primary N) is 1. The third kappa shape index (κ3) is 4.36. The number of halogens is 1. The minimum Gasteiger partial charge on any atom is -0.326 e. The summed E-state index contributed by atoms with van der Waals surface area (Å²) in [7, 11) is 0. The van der Waals surface area contributed by atoms with Crippen molar-refractivity contribution in [3.8, 4) is 0 Å². The van der Waals surface area contributed by atoms with Gasteiger partial charge in [-0.1, -0.05) is 20.3 Å². The average molecular weight is 319 g/mol. The second-order valence-corrected chi connectivity index (χ2v) is 6.31. The van der Waals surface area contributed by atoms with Crippen LogP contribution in [0.15, 0.2) is 15.9 Å². The lowest BCUT2D eigenvalue weighted by atomic mass is 10.1. The normalized spacial score (nSPS) is 15.2. The van der Waals surface area contributed by atoms with Gasteiger partial charge in [0.1, 0.15) is 0 Å². The zero-order chi connectivity index (χ0) is 12.8. The van der Waals surface area contributed by atoms with E-state index in [0.717, 1.165) is 17.6 Å². The van der Waals surface area contributed by atoms with Gasteiger partial charge in [-0.3, -0.25) is 4.90 Å². The Morgan fingerprint density at radius 3 is 2.59 bits per heavy atom. The van der Waals surface area contributed by atoms with Crippen LogP contribution >= 0.6 is 27.3 Å². The maximum absolute atomic E-state index is 6.18. The van der Waals surface area contributed by atoms with Crippen LogP contribution in [-0.4, -0.2) is 24.0 Å². The first-order chi connectivity index (χ1) is 8.10. The summed E-state index contributed by atoms with van der Waals surface area (Å²) < 4.78 is 1.16. The molecule has 1 rings (SSSR count). The van der Waals surface area contributed by atoms with Gasteiger partial charge in [-0.2, -0.15) is 0 Å². The number of thiophene rings is 1. The van der Waals surface area contributed by atoms with Crippen molar-refractivity contribution in [2.75, 3.05) is 13.1 Å².